The van der Waals surface area contributed by atoms with Crippen LogP contribution in [0.4, 0.5) is 5.69 Å². The molecule has 15 heavy (non-hydrogen) atoms. The van der Waals surface area contributed by atoms with E-state index in [1.807, 2.05) is 24.3 Å². The van der Waals surface area contributed by atoms with Crippen molar-refractivity contribution in [2.45, 2.75) is 33.8 Å². The summed E-state index contributed by atoms with van der Waals surface area (Å²) in [5.41, 5.74) is 7.96. The number of ether oxygens (including phenoxy) is 1. The molecule has 0 unspecified atom stereocenters. The first-order chi connectivity index (χ1) is 6.97. The second kappa shape index (κ2) is 5.17. The van der Waals surface area contributed by atoms with Gasteiger partial charge in [-0.25, -0.2) is 0 Å². The molecule has 0 amide bonds. The van der Waals surface area contributed by atoms with Gasteiger partial charge in [-0.15, -0.1) is 0 Å². The van der Waals surface area contributed by atoms with Gasteiger partial charge in [0.1, 0.15) is 0 Å². The van der Waals surface area contributed by atoms with E-state index in [1.54, 1.807) is 0 Å². The molecule has 2 heteroatoms. The highest BCUT2D eigenvalue weighted by molar-refractivity contribution is 5.40. The highest BCUT2D eigenvalue weighted by Gasteiger charge is 2.09. The Morgan fingerprint density at radius 3 is 2.60 bits per heavy atom. The van der Waals surface area contributed by atoms with E-state index in [0.29, 0.717) is 12.0 Å². The number of hydrogen-bond donors (Lipinski definition) is 1. The maximum Gasteiger partial charge on any atom is 0.0717 e. The lowest BCUT2D eigenvalue weighted by molar-refractivity contribution is 0.0962. The van der Waals surface area contributed by atoms with Crippen LogP contribution in [0.5, 0.6) is 0 Å². The molecule has 0 atom stereocenters. The predicted octanol–water partition coefficient (Wildman–Crippen LogP) is 3.22. The third-order valence-corrected chi connectivity index (χ3v) is 2.22. The lowest BCUT2D eigenvalue weighted by Gasteiger charge is -2.17. The Hall–Kier alpha value is -1.02. The van der Waals surface area contributed by atoms with Gasteiger partial charge in [0.05, 0.1) is 6.61 Å². The van der Waals surface area contributed by atoms with Gasteiger partial charge in [0.15, 0.2) is 0 Å². The molecule has 0 heterocycles. The van der Waals surface area contributed by atoms with Crippen LogP contribution >= 0.6 is 0 Å². The largest absolute Gasteiger partial charge is 0.399 e. The second-order valence-electron chi connectivity index (χ2n) is 5.11. The molecule has 0 saturated carbocycles. The molecule has 0 aliphatic carbocycles. The molecule has 84 valence electrons. The van der Waals surface area contributed by atoms with Crippen molar-refractivity contribution in [2.75, 3.05) is 12.3 Å². The van der Waals surface area contributed by atoms with Crippen molar-refractivity contribution in [3.05, 3.63) is 29.8 Å². The molecule has 1 rings (SSSR count). The van der Waals surface area contributed by atoms with Crippen LogP contribution in [0, 0.1) is 5.41 Å². The standard InChI is InChI=1S/C13H21NO/c1-13(2,3)7-8-15-10-11-5-4-6-12(14)9-11/h4-6,9H,7-8,10,14H2,1-3H3. The SMILES string of the molecule is CC(C)(C)CCOCc1cccc(N)c1. The summed E-state index contributed by atoms with van der Waals surface area (Å²) >= 11 is 0. The molecule has 0 saturated heterocycles. The average Bonchev–Trinajstić information content (AvgIpc) is 2.11. The lowest BCUT2D eigenvalue weighted by atomic mass is 9.93. The summed E-state index contributed by atoms with van der Waals surface area (Å²) in [6, 6.07) is 7.83. The van der Waals surface area contributed by atoms with Gasteiger partial charge in [0, 0.05) is 12.3 Å². The van der Waals surface area contributed by atoms with Crippen molar-refractivity contribution in [3.63, 3.8) is 0 Å². The van der Waals surface area contributed by atoms with Gasteiger partial charge < -0.3 is 10.5 Å². The fourth-order valence-electron chi connectivity index (χ4n) is 1.25. The van der Waals surface area contributed by atoms with Crippen molar-refractivity contribution < 1.29 is 4.74 Å². The molecule has 0 aliphatic rings. The summed E-state index contributed by atoms with van der Waals surface area (Å²) in [7, 11) is 0. The number of anilines is 1. The van der Waals surface area contributed by atoms with Crippen molar-refractivity contribution in [3.8, 4) is 0 Å². The smallest absolute Gasteiger partial charge is 0.0717 e. The number of benzene rings is 1. The molecule has 0 radical (unpaired) electrons. The lowest BCUT2D eigenvalue weighted by Crippen LogP contribution is -2.09. The van der Waals surface area contributed by atoms with Gasteiger partial charge in [0.25, 0.3) is 0 Å². The molecule has 1 aromatic carbocycles. The fourth-order valence-corrected chi connectivity index (χ4v) is 1.25. The van der Waals surface area contributed by atoms with Crippen molar-refractivity contribution >= 4 is 5.69 Å². The first-order valence-electron chi connectivity index (χ1n) is 5.39. The van der Waals surface area contributed by atoms with Crippen LogP contribution in [0.3, 0.4) is 0 Å². The summed E-state index contributed by atoms with van der Waals surface area (Å²) in [6.07, 6.45) is 1.08. The van der Waals surface area contributed by atoms with Gasteiger partial charge in [-0.2, -0.15) is 0 Å². The Labute approximate surface area is 92.4 Å². The average molecular weight is 207 g/mol. The Bertz CT molecular complexity index is 302. The molecule has 0 fully saturated rings. The monoisotopic (exact) mass is 207 g/mol. The van der Waals surface area contributed by atoms with Crippen LogP contribution in [0.15, 0.2) is 24.3 Å². The molecule has 0 bridgehead atoms. The van der Waals surface area contributed by atoms with Gasteiger partial charge in [0.2, 0.25) is 0 Å². The molecule has 0 aliphatic heterocycles. The molecule has 1 aromatic rings. The normalized spacial score (nSPS) is 11.7. The van der Waals surface area contributed by atoms with E-state index in [9.17, 15) is 0 Å². The Balaban J connectivity index is 2.26. The maximum absolute atomic E-state index is 5.68. The summed E-state index contributed by atoms with van der Waals surface area (Å²) in [5.74, 6) is 0. The van der Waals surface area contributed by atoms with E-state index in [1.165, 1.54) is 0 Å². The summed E-state index contributed by atoms with van der Waals surface area (Å²) in [5, 5.41) is 0. The van der Waals surface area contributed by atoms with E-state index in [2.05, 4.69) is 20.8 Å². The van der Waals surface area contributed by atoms with Gasteiger partial charge in [-0.3, -0.25) is 0 Å². The predicted molar refractivity (Wildman–Crippen MR) is 64.6 cm³/mol. The number of hydrogen-bond acceptors (Lipinski definition) is 2. The molecular formula is C13H21NO. The minimum Gasteiger partial charge on any atom is -0.399 e. The minimum atomic E-state index is 0.343. The quantitative estimate of drug-likeness (QED) is 0.607. The topological polar surface area (TPSA) is 35.2 Å². The zero-order valence-electron chi connectivity index (χ0n) is 9.92. The van der Waals surface area contributed by atoms with E-state index in [0.717, 1.165) is 24.3 Å². The molecule has 2 N–H and O–H groups in total. The van der Waals surface area contributed by atoms with Crippen LogP contribution in [0.2, 0.25) is 0 Å². The van der Waals surface area contributed by atoms with Crippen LogP contribution in [0.1, 0.15) is 32.8 Å². The first-order valence-corrected chi connectivity index (χ1v) is 5.39. The van der Waals surface area contributed by atoms with Crippen LogP contribution < -0.4 is 5.73 Å². The summed E-state index contributed by atoms with van der Waals surface area (Å²) in [6.45, 7) is 8.12. The number of nitrogen functional groups attached to an aromatic ring is 1. The van der Waals surface area contributed by atoms with Crippen molar-refractivity contribution in [1.82, 2.24) is 0 Å². The summed E-state index contributed by atoms with van der Waals surface area (Å²) in [4.78, 5) is 0. The van der Waals surface area contributed by atoms with Crippen LogP contribution in [0.25, 0.3) is 0 Å². The molecule has 0 aromatic heterocycles. The Morgan fingerprint density at radius 1 is 1.27 bits per heavy atom. The zero-order valence-corrected chi connectivity index (χ0v) is 9.92. The van der Waals surface area contributed by atoms with E-state index in [4.69, 9.17) is 10.5 Å². The van der Waals surface area contributed by atoms with Crippen LogP contribution in [-0.2, 0) is 11.3 Å². The highest BCUT2D eigenvalue weighted by atomic mass is 16.5. The minimum absolute atomic E-state index is 0.343. The van der Waals surface area contributed by atoms with Gasteiger partial charge >= 0.3 is 0 Å². The first kappa shape index (κ1) is 12.1. The maximum atomic E-state index is 5.68. The van der Waals surface area contributed by atoms with Gasteiger partial charge in [-0.1, -0.05) is 32.9 Å². The Kier molecular flexibility index (Phi) is 4.15. The third kappa shape index (κ3) is 5.43. The zero-order chi connectivity index (χ0) is 11.3. The van der Waals surface area contributed by atoms with Crippen molar-refractivity contribution in [2.24, 2.45) is 5.41 Å². The third-order valence-electron chi connectivity index (χ3n) is 2.22. The number of nitrogens with two attached hydrogens (primary N) is 1. The Morgan fingerprint density at radius 2 is 2.00 bits per heavy atom. The van der Waals surface area contributed by atoms with Gasteiger partial charge in [-0.05, 0) is 29.5 Å². The molecular weight excluding hydrogens is 186 g/mol. The van der Waals surface area contributed by atoms with Crippen LogP contribution in [-0.4, -0.2) is 6.61 Å². The van der Waals surface area contributed by atoms with Crippen molar-refractivity contribution in [1.29, 1.82) is 0 Å². The van der Waals surface area contributed by atoms with E-state index in [-0.39, 0.29) is 0 Å². The van der Waals surface area contributed by atoms with E-state index < -0.39 is 0 Å². The number of rotatable bonds is 4. The highest BCUT2D eigenvalue weighted by Crippen LogP contribution is 2.18. The van der Waals surface area contributed by atoms with E-state index >= 15 is 0 Å². The second-order valence-corrected chi connectivity index (χ2v) is 5.11. The fraction of sp³-hybridized carbons (Fsp3) is 0.538. The summed E-state index contributed by atoms with van der Waals surface area (Å²) < 4.78 is 5.60. The molecule has 0 spiro atoms. The molecule has 2 nitrogen and oxygen atoms in total.